The second-order valence-electron chi connectivity index (χ2n) is 7.40. The highest BCUT2D eigenvalue weighted by Gasteiger charge is 2.21. The van der Waals surface area contributed by atoms with Gasteiger partial charge in [0.1, 0.15) is 5.75 Å². The average molecular weight is 409 g/mol. The number of benzene rings is 2. The van der Waals surface area contributed by atoms with Crippen LogP contribution in [0.3, 0.4) is 0 Å². The van der Waals surface area contributed by atoms with Crippen molar-refractivity contribution in [2.45, 2.75) is 39.2 Å². The predicted molar refractivity (Wildman–Crippen MR) is 116 cm³/mol. The van der Waals surface area contributed by atoms with Gasteiger partial charge in [-0.2, -0.15) is 0 Å². The minimum Gasteiger partial charge on any atom is -0.497 e. The molecule has 1 atom stereocenters. The Kier molecular flexibility index (Phi) is 6.72. The molecule has 158 valence electrons. The Bertz CT molecular complexity index is 940. The van der Waals surface area contributed by atoms with Crippen molar-refractivity contribution < 1.29 is 19.1 Å². The van der Waals surface area contributed by atoms with Gasteiger partial charge < -0.3 is 20.3 Å². The van der Waals surface area contributed by atoms with Crippen LogP contribution < -0.4 is 20.3 Å². The highest BCUT2D eigenvalue weighted by Crippen LogP contribution is 2.30. The van der Waals surface area contributed by atoms with Gasteiger partial charge in [0.2, 0.25) is 17.7 Å². The van der Waals surface area contributed by atoms with Crippen molar-refractivity contribution in [3.8, 4) is 5.75 Å². The first kappa shape index (κ1) is 21.4. The molecule has 1 unspecified atom stereocenters. The van der Waals surface area contributed by atoms with Crippen LogP contribution in [0.15, 0.2) is 42.5 Å². The molecule has 0 saturated heterocycles. The molecule has 0 radical (unpaired) electrons. The lowest BCUT2D eigenvalue weighted by Crippen LogP contribution is -2.33. The fourth-order valence-corrected chi connectivity index (χ4v) is 3.73. The first-order chi connectivity index (χ1) is 14.4. The Balaban J connectivity index is 1.72. The SMILES string of the molecule is COc1ccc(C(CC(=O)Nc2ccc3c(c2)CCCN3C(C)=O)NC(C)=O)cc1. The van der Waals surface area contributed by atoms with Gasteiger partial charge in [-0.1, -0.05) is 12.1 Å². The van der Waals surface area contributed by atoms with Crippen LogP contribution in [-0.2, 0) is 20.8 Å². The minimum absolute atomic E-state index is 0.0189. The molecule has 3 amide bonds. The van der Waals surface area contributed by atoms with Crippen molar-refractivity contribution in [3.05, 3.63) is 53.6 Å². The maximum absolute atomic E-state index is 12.7. The number of hydrogen-bond acceptors (Lipinski definition) is 4. The molecule has 7 nitrogen and oxygen atoms in total. The van der Waals surface area contributed by atoms with Crippen LogP contribution in [0.2, 0.25) is 0 Å². The zero-order chi connectivity index (χ0) is 21.7. The molecule has 1 aliphatic heterocycles. The number of rotatable bonds is 6. The van der Waals surface area contributed by atoms with Crippen molar-refractivity contribution in [3.63, 3.8) is 0 Å². The molecule has 0 saturated carbocycles. The number of aryl methyl sites for hydroxylation is 1. The third kappa shape index (κ3) is 5.17. The first-order valence-electron chi connectivity index (χ1n) is 9.99. The van der Waals surface area contributed by atoms with E-state index in [-0.39, 0.29) is 24.1 Å². The molecule has 2 N–H and O–H groups in total. The third-order valence-electron chi connectivity index (χ3n) is 5.15. The summed E-state index contributed by atoms with van der Waals surface area (Å²) in [6.07, 6.45) is 1.86. The van der Waals surface area contributed by atoms with E-state index in [0.29, 0.717) is 18.0 Å². The lowest BCUT2D eigenvalue weighted by atomic mass is 10.0. The number of carbonyl (C=O) groups excluding carboxylic acids is 3. The number of fused-ring (bicyclic) bond motifs is 1. The predicted octanol–water partition coefficient (Wildman–Crippen LogP) is 3.20. The highest BCUT2D eigenvalue weighted by molar-refractivity contribution is 5.95. The molecule has 2 aromatic rings. The summed E-state index contributed by atoms with van der Waals surface area (Å²) in [7, 11) is 1.59. The topological polar surface area (TPSA) is 87.7 Å². The van der Waals surface area contributed by atoms with Crippen molar-refractivity contribution in [1.82, 2.24) is 5.32 Å². The molecule has 0 fully saturated rings. The van der Waals surface area contributed by atoms with Gasteiger partial charge in [-0.05, 0) is 54.3 Å². The summed E-state index contributed by atoms with van der Waals surface area (Å²) < 4.78 is 5.17. The third-order valence-corrected chi connectivity index (χ3v) is 5.15. The number of methoxy groups -OCH3 is 1. The number of anilines is 2. The van der Waals surface area contributed by atoms with E-state index in [9.17, 15) is 14.4 Å². The van der Waals surface area contributed by atoms with Crippen LogP contribution in [0, 0.1) is 0 Å². The van der Waals surface area contributed by atoms with E-state index < -0.39 is 6.04 Å². The summed E-state index contributed by atoms with van der Waals surface area (Å²) in [5, 5.41) is 5.75. The van der Waals surface area contributed by atoms with Crippen LogP contribution in [0.4, 0.5) is 11.4 Å². The van der Waals surface area contributed by atoms with E-state index >= 15 is 0 Å². The van der Waals surface area contributed by atoms with E-state index in [1.165, 1.54) is 6.92 Å². The van der Waals surface area contributed by atoms with Gasteiger partial charge in [-0.15, -0.1) is 0 Å². The zero-order valence-corrected chi connectivity index (χ0v) is 17.5. The van der Waals surface area contributed by atoms with E-state index in [4.69, 9.17) is 4.74 Å². The van der Waals surface area contributed by atoms with Crippen LogP contribution in [0.25, 0.3) is 0 Å². The van der Waals surface area contributed by atoms with E-state index in [0.717, 1.165) is 29.7 Å². The number of carbonyl (C=O) groups is 3. The monoisotopic (exact) mass is 409 g/mol. The summed E-state index contributed by atoms with van der Waals surface area (Å²) in [6.45, 7) is 3.71. The quantitative estimate of drug-likeness (QED) is 0.767. The zero-order valence-electron chi connectivity index (χ0n) is 17.5. The fourth-order valence-electron chi connectivity index (χ4n) is 3.73. The molecule has 0 aromatic heterocycles. The van der Waals surface area contributed by atoms with Crippen LogP contribution in [0.5, 0.6) is 5.75 Å². The number of nitrogens with zero attached hydrogens (tertiary/aromatic N) is 1. The van der Waals surface area contributed by atoms with Gasteiger partial charge in [-0.25, -0.2) is 0 Å². The summed E-state index contributed by atoms with van der Waals surface area (Å²) in [4.78, 5) is 37.9. The summed E-state index contributed by atoms with van der Waals surface area (Å²) in [6, 6.07) is 12.4. The average Bonchev–Trinajstić information content (AvgIpc) is 2.72. The maximum Gasteiger partial charge on any atom is 0.226 e. The van der Waals surface area contributed by atoms with E-state index in [1.54, 1.807) is 37.1 Å². The summed E-state index contributed by atoms with van der Waals surface area (Å²) in [5.74, 6) is 0.314. The first-order valence-corrected chi connectivity index (χ1v) is 9.99. The smallest absolute Gasteiger partial charge is 0.226 e. The van der Waals surface area contributed by atoms with Gasteiger partial charge in [0.25, 0.3) is 0 Å². The molecule has 1 aliphatic rings. The number of nitrogens with one attached hydrogen (secondary N) is 2. The van der Waals surface area contributed by atoms with Crippen LogP contribution in [-0.4, -0.2) is 31.4 Å². The molecule has 2 aromatic carbocycles. The van der Waals surface area contributed by atoms with Gasteiger partial charge in [0, 0.05) is 31.8 Å². The number of hydrogen-bond donors (Lipinski definition) is 2. The van der Waals surface area contributed by atoms with Crippen LogP contribution in [0.1, 0.15) is 43.9 Å². The van der Waals surface area contributed by atoms with Gasteiger partial charge in [-0.3, -0.25) is 14.4 Å². The van der Waals surface area contributed by atoms with E-state index in [1.807, 2.05) is 24.3 Å². The van der Waals surface area contributed by atoms with Crippen molar-refractivity contribution in [1.29, 1.82) is 0 Å². The van der Waals surface area contributed by atoms with Crippen molar-refractivity contribution >= 4 is 29.1 Å². The highest BCUT2D eigenvalue weighted by atomic mass is 16.5. The second-order valence-corrected chi connectivity index (χ2v) is 7.40. The Morgan fingerprint density at radius 1 is 1.10 bits per heavy atom. The van der Waals surface area contributed by atoms with Crippen molar-refractivity contribution in [2.24, 2.45) is 0 Å². The molecule has 0 spiro atoms. The molecule has 0 aliphatic carbocycles. The maximum atomic E-state index is 12.7. The Labute approximate surface area is 176 Å². The summed E-state index contributed by atoms with van der Waals surface area (Å²) in [5.41, 5.74) is 3.45. The standard InChI is InChI=1S/C23H27N3O4/c1-15(27)24-21(17-6-9-20(30-3)10-7-17)14-23(29)25-19-8-11-22-18(13-19)5-4-12-26(22)16(2)28/h6-11,13,21H,4-5,12,14H2,1-3H3,(H,24,27)(H,25,29). The second kappa shape index (κ2) is 9.43. The van der Waals surface area contributed by atoms with Gasteiger partial charge in [0.05, 0.1) is 19.6 Å². The largest absolute Gasteiger partial charge is 0.497 e. The normalized spacial score (nSPS) is 13.8. The minimum atomic E-state index is -0.445. The lowest BCUT2D eigenvalue weighted by molar-refractivity contribution is -0.120. The number of amides is 3. The van der Waals surface area contributed by atoms with Crippen LogP contribution >= 0.6 is 0 Å². The Morgan fingerprint density at radius 2 is 1.83 bits per heavy atom. The molecule has 0 bridgehead atoms. The molecular formula is C23H27N3O4. The van der Waals surface area contributed by atoms with Gasteiger partial charge >= 0.3 is 0 Å². The summed E-state index contributed by atoms with van der Waals surface area (Å²) >= 11 is 0. The fraction of sp³-hybridized carbons (Fsp3) is 0.348. The number of ether oxygens (including phenoxy) is 1. The Morgan fingerprint density at radius 3 is 2.47 bits per heavy atom. The molecule has 7 heteroatoms. The molecule has 30 heavy (non-hydrogen) atoms. The van der Waals surface area contributed by atoms with Gasteiger partial charge in [0.15, 0.2) is 0 Å². The van der Waals surface area contributed by atoms with Crippen molar-refractivity contribution in [2.75, 3.05) is 23.9 Å². The molecular weight excluding hydrogens is 382 g/mol. The molecule has 3 rings (SSSR count). The molecule has 1 heterocycles. The Hall–Kier alpha value is -3.35. The van der Waals surface area contributed by atoms with E-state index in [2.05, 4.69) is 10.6 Å². The lowest BCUT2D eigenvalue weighted by Gasteiger charge is -2.29.